The molecule has 0 heterocycles. The number of benzene rings is 1. The lowest BCUT2D eigenvalue weighted by molar-refractivity contribution is -0.115. The van der Waals surface area contributed by atoms with E-state index in [1.165, 1.54) is 18.4 Å². The predicted octanol–water partition coefficient (Wildman–Crippen LogP) is 5.76. The number of hydrogen-bond acceptors (Lipinski definition) is 1. The van der Waals surface area contributed by atoms with Gasteiger partial charge in [-0.2, -0.15) is 0 Å². The minimum absolute atomic E-state index is 0.188. The summed E-state index contributed by atoms with van der Waals surface area (Å²) in [5.74, 6) is 0.188. The zero-order chi connectivity index (χ0) is 15.8. The predicted molar refractivity (Wildman–Crippen MR) is 91.0 cm³/mol. The molecule has 0 aliphatic heterocycles. The first-order chi connectivity index (χ1) is 9.53. The normalized spacial score (nSPS) is 8.40. The van der Waals surface area contributed by atoms with Crippen molar-refractivity contribution >= 4 is 5.78 Å². The second kappa shape index (κ2) is 15.4. The summed E-state index contributed by atoms with van der Waals surface area (Å²) in [6, 6.07) is 10.6. The molecule has 1 nitrogen and oxygen atoms in total. The molecule has 0 amide bonds. The summed E-state index contributed by atoms with van der Waals surface area (Å²) >= 11 is 0. The van der Waals surface area contributed by atoms with E-state index in [1.807, 2.05) is 13.8 Å². The number of hydrogen-bond donors (Lipinski definition) is 0. The van der Waals surface area contributed by atoms with E-state index in [1.54, 1.807) is 13.0 Å². The molecule has 112 valence electrons. The quantitative estimate of drug-likeness (QED) is 0.492. The zero-order valence-electron chi connectivity index (χ0n) is 13.6. The molecule has 1 aromatic carbocycles. The molecule has 0 bridgehead atoms. The highest BCUT2D eigenvalue weighted by atomic mass is 16.1. The fraction of sp³-hybridized carbons (Fsp3) is 0.421. The van der Waals surface area contributed by atoms with Gasteiger partial charge in [0.25, 0.3) is 0 Å². The van der Waals surface area contributed by atoms with Gasteiger partial charge in [-0.3, -0.25) is 4.79 Å². The lowest BCUT2D eigenvalue weighted by Crippen LogP contribution is -1.95. The third-order valence-electron chi connectivity index (χ3n) is 2.33. The number of carbonyl (C=O) groups is 1. The molecule has 0 unspecified atom stereocenters. The summed E-state index contributed by atoms with van der Waals surface area (Å²) in [6.45, 7) is 14.7. The molecule has 0 aliphatic rings. The van der Waals surface area contributed by atoms with Crippen LogP contribution in [0.15, 0.2) is 55.1 Å². The van der Waals surface area contributed by atoms with Crippen LogP contribution in [-0.4, -0.2) is 5.78 Å². The Morgan fingerprint density at radius 1 is 1.15 bits per heavy atom. The first-order valence-electron chi connectivity index (χ1n) is 7.33. The second-order valence-corrected chi connectivity index (χ2v) is 4.60. The summed E-state index contributed by atoms with van der Waals surface area (Å²) in [6.07, 6.45) is 5.77. The summed E-state index contributed by atoms with van der Waals surface area (Å²) in [5.41, 5.74) is 2.12. The smallest absolute Gasteiger partial charge is 0.157 e. The highest BCUT2D eigenvalue weighted by Gasteiger charge is 1.97. The first-order valence-corrected chi connectivity index (χ1v) is 7.33. The van der Waals surface area contributed by atoms with Crippen molar-refractivity contribution in [1.82, 2.24) is 0 Å². The minimum atomic E-state index is 0.188. The van der Waals surface area contributed by atoms with Crippen LogP contribution in [0, 0.1) is 0 Å². The number of allylic oxidation sites excluding steroid dienone is 2. The molecule has 0 atom stereocenters. The standard InChI is InChI=1S/C9H12.C7H12O.C3H6/c1-2-6-9-7-4-3-5-8-9;1-4-5-7(8)6(2)3;1-3-2/h3-5,7-8H,2,6H2,1H3;2,4-5H2,1,3H3;3H,1H2,2H3. The van der Waals surface area contributed by atoms with Crippen LogP contribution in [0.5, 0.6) is 0 Å². The van der Waals surface area contributed by atoms with Gasteiger partial charge in [0, 0.05) is 6.42 Å². The molecule has 1 heteroatoms. The highest BCUT2D eigenvalue weighted by Crippen LogP contribution is 2.00. The highest BCUT2D eigenvalue weighted by molar-refractivity contribution is 5.93. The van der Waals surface area contributed by atoms with E-state index in [-0.39, 0.29) is 5.78 Å². The molecule has 0 radical (unpaired) electrons. The van der Waals surface area contributed by atoms with Crippen LogP contribution >= 0.6 is 0 Å². The number of carbonyl (C=O) groups excluding carboxylic acids is 1. The summed E-state index contributed by atoms with van der Waals surface area (Å²) in [4.78, 5) is 10.6. The van der Waals surface area contributed by atoms with Gasteiger partial charge >= 0.3 is 0 Å². The lowest BCUT2D eigenvalue weighted by Gasteiger charge is -1.93. The fourth-order valence-corrected chi connectivity index (χ4v) is 1.37. The van der Waals surface area contributed by atoms with Crippen LogP contribution in [0.1, 0.15) is 52.5 Å². The largest absolute Gasteiger partial charge is 0.295 e. The van der Waals surface area contributed by atoms with E-state index in [0.717, 1.165) is 6.42 Å². The second-order valence-electron chi connectivity index (χ2n) is 4.60. The van der Waals surface area contributed by atoms with E-state index in [4.69, 9.17) is 0 Å². The molecule has 0 N–H and O–H groups in total. The maximum Gasteiger partial charge on any atom is 0.157 e. The Bertz CT molecular complexity index is 363. The van der Waals surface area contributed by atoms with Gasteiger partial charge in [-0.05, 0) is 37.8 Å². The SMILES string of the molecule is C=C(C)C(=O)CCC.C=CC.CCCc1ccccc1. The van der Waals surface area contributed by atoms with Crippen molar-refractivity contribution in [3.8, 4) is 0 Å². The Labute approximate surface area is 125 Å². The summed E-state index contributed by atoms with van der Waals surface area (Å²) in [7, 11) is 0. The topological polar surface area (TPSA) is 17.1 Å². The first kappa shape index (κ1) is 20.7. The van der Waals surface area contributed by atoms with Crippen LogP contribution in [0.25, 0.3) is 0 Å². The van der Waals surface area contributed by atoms with Gasteiger partial charge < -0.3 is 0 Å². The number of rotatable bonds is 5. The Morgan fingerprint density at radius 3 is 1.95 bits per heavy atom. The van der Waals surface area contributed by atoms with Gasteiger partial charge in [0.2, 0.25) is 0 Å². The van der Waals surface area contributed by atoms with Crippen LogP contribution in [-0.2, 0) is 11.2 Å². The fourth-order valence-electron chi connectivity index (χ4n) is 1.37. The monoisotopic (exact) mass is 274 g/mol. The molecule has 0 fully saturated rings. The molecule has 0 saturated heterocycles. The van der Waals surface area contributed by atoms with Gasteiger partial charge in [0.15, 0.2) is 5.78 Å². The molecule has 0 aromatic heterocycles. The molecular formula is C19H30O. The van der Waals surface area contributed by atoms with Gasteiger partial charge in [-0.25, -0.2) is 0 Å². The van der Waals surface area contributed by atoms with Crippen LogP contribution < -0.4 is 0 Å². The molecule has 0 saturated carbocycles. The van der Waals surface area contributed by atoms with Crippen LogP contribution in [0.3, 0.4) is 0 Å². The third-order valence-corrected chi connectivity index (χ3v) is 2.33. The zero-order valence-corrected chi connectivity index (χ0v) is 13.6. The lowest BCUT2D eigenvalue weighted by atomic mass is 10.1. The Hall–Kier alpha value is -1.63. The van der Waals surface area contributed by atoms with Crippen molar-refractivity contribution in [2.24, 2.45) is 0 Å². The average Bonchev–Trinajstić information content (AvgIpc) is 2.42. The Morgan fingerprint density at radius 2 is 1.65 bits per heavy atom. The minimum Gasteiger partial charge on any atom is -0.295 e. The van der Waals surface area contributed by atoms with Crippen molar-refractivity contribution in [3.05, 3.63) is 60.7 Å². The molecule has 0 spiro atoms. The van der Waals surface area contributed by atoms with Crippen LogP contribution in [0.2, 0.25) is 0 Å². The van der Waals surface area contributed by atoms with Crippen molar-refractivity contribution < 1.29 is 4.79 Å². The number of Topliss-reactive ketones (excluding diaryl/α,β-unsaturated/α-hetero) is 1. The Kier molecular flexibility index (Phi) is 16.0. The van der Waals surface area contributed by atoms with E-state index >= 15 is 0 Å². The molecule has 0 aliphatic carbocycles. The van der Waals surface area contributed by atoms with E-state index in [0.29, 0.717) is 12.0 Å². The van der Waals surface area contributed by atoms with Crippen LogP contribution in [0.4, 0.5) is 0 Å². The van der Waals surface area contributed by atoms with Gasteiger partial charge in [0.05, 0.1) is 0 Å². The molecular weight excluding hydrogens is 244 g/mol. The summed E-state index contributed by atoms with van der Waals surface area (Å²) in [5, 5.41) is 0. The molecule has 20 heavy (non-hydrogen) atoms. The maximum atomic E-state index is 10.6. The Balaban J connectivity index is 0. The van der Waals surface area contributed by atoms with Crippen molar-refractivity contribution in [3.63, 3.8) is 0 Å². The van der Waals surface area contributed by atoms with Crippen molar-refractivity contribution in [2.75, 3.05) is 0 Å². The number of ketones is 1. The third kappa shape index (κ3) is 14.4. The molecule has 1 aromatic rings. The maximum absolute atomic E-state index is 10.6. The number of aryl methyl sites for hydroxylation is 1. The van der Waals surface area contributed by atoms with E-state index in [2.05, 4.69) is 50.4 Å². The van der Waals surface area contributed by atoms with E-state index in [9.17, 15) is 4.79 Å². The van der Waals surface area contributed by atoms with Gasteiger partial charge in [-0.15, -0.1) is 6.58 Å². The van der Waals surface area contributed by atoms with Gasteiger partial charge in [0.1, 0.15) is 0 Å². The average molecular weight is 274 g/mol. The molecule has 1 rings (SSSR count). The van der Waals surface area contributed by atoms with Crippen molar-refractivity contribution in [1.29, 1.82) is 0 Å². The van der Waals surface area contributed by atoms with Crippen molar-refractivity contribution in [2.45, 2.75) is 53.4 Å². The summed E-state index contributed by atoms with van der Waals surface area (Å²) < 4.78 is 0. The van der Waals surface area contributed by atoms with Gasteiger partial charge in [-0.1, -0.05) is 63.3 Å². The van der Waals surface area contributed by atoms with E-state index < -0.39 is 0 Å².